The fourth-order valence-electron chi connectivity index (χ4n) is 0.968. The van der Waals surface area contributed by atoms with Gasteiger partial charge in [0.25, 0.3) is 0 Å². The third-order valence-electron chi connectivity index (χ3n) is 1.70. The highest BCUT2D eigenvalue weighted by Gasteiger charge is 2.20. The van der Waals surface area contributed by atoms with Crippen LogP contribution in [0.3, 0.4) is 0 Å². The summed E-state index contributed by atoms with van der Waals surface area (Å²) in [7, 11) is 0. The fraction of sp³-hybridized carbons (Fsp3) is 0.429. The topological polar surface area (TPSA) is 63.4 Å². The summed E-state index contributed by atoms with van der Waals surface area (Å²) < 4.78 is 0. The lowest BCUT2D eigenvalue weighted by atomic mass is 9.99. The molecule has 0 aromatic heterocycles. The smallest absolute Gasteiger partial charge is 0.247 e. The van der Waals surface area contributed by atoms with Gasteiger partial charge in [-0.3, -0.25) is 10.1 Å². The first kappa shape index (κ1) is 7.78. The molecule has 60 valence electrons. The van der Waals surface area contributed by atoms with Crippen LogP contribution in [-0.2, 0) is 0 Å². The zero-order valence-corrected chi connectivity index (χ0v) is 6.15. The number of nitro groups is 1. The monoisotopic (exact) mass is 155 g/mol. The predicted molar refractivity (Wildman–Crippen MR) is 39.6 cm³/mol. The standard InChI is InChI=1S/C7H9NO3/c1-5-4-6(8(10)11)2-3-7(5)9/h2-3,5,9H,4H2,1H3. The van der Waals surface area contributed by atoms with E-state index in [0.29, 0.717) is 6.42 Å². The van der Waals surface area contributed by atoms with Crippen LogP contribution in [0.1, 0.15) is 13.3 Å². The largest absolute Gasteiger partial charge is 0.512 e. The van der Waals surface area contributed by atoms with Gasteiger partial charge in [0.2, 0.25) is 5.70 Å². The Morgan fingerprint density at radius 1 is 1.73 bits per heavy atom. The Hall–Kier alpha value is -1.32. The first-order valence-electron chi connectivity index (χ1n) is 3.35. The van der Waals surface area contributed by atoms with Gasteiger partial charge in [-0.25, -0.2) is 0 Å². The van der Waals surface area contributed by atoms with Crippen molar-refractivity contribution in [1.29, 1.82) is 0 Å². The Morgan fingerprint density at radius 2 is 2.36 bits per heavy atom. The first-order valence-corrected chi connectivity index (χ1v) is 3.35. The van der Waals surface area contributed by atoms with Gasteiger partial charge in [0.05, 0.1) is 10.7 Å². The molecule has 0 spiro atoms. The average molecular weight is 155 g/mol. The lowest BCUT2D eigenvalue weighted by molar-refractivity contribution is -0.429. The van der Waals surface area contributed by atoms with Crippen LogP contribution < -0.4 is 0 Å². The highest BCUT2D eigenvalue weighted by Crippen LogP contribution is 2.22. The first-order chi connectivity index (χ1) is 5.11. The molecule has 0 saturated carbocycles. The van der Waals surface area contributed by atoms with E-state index >= 15 is 0 Å². The molecule has 11 heavy (non-hydrogen) atoms. The van der Waals surface area contributed by atoms with Gasteiger partial charge in [-0.15, -0.1) is 0 Å². The summed E-state index contributed by atoms with van der Waals surface area (Å²) in [5.41, 5.74) is 0.162. The number of hydrogen-bond acceptors (Lipinski definition) is 3. The van der Waals surface area contributed by atoms with E-state index in [0.717, 1.165) is 0 Å². The molecule has 0 bridgehead atoms. The Morgan fingerprint density at radius 3 is 2.82 bits per heavy atom. The summed E-state index contributed by atoms with van der Waals surface area (Å²) in [5.74, 6) is 0.0935. The summed E-state index contributed by atoms with van der Waals surface area (Å²) >= 11 is 0. The highest BCUT2D eigenvalue weighted by atomic mass is 16.6. The van der Waals surface area contributed by atoms with Crippen LogP contribution in [0.5, 0.6) is 0 Å². The van der Waals surface area contributed by atoms with Crippen LogP contribution >= 0.6 is 0 Å². The number of aliphatic hydroxyl groups excluding tert-OH is 1. The van der Waals surface area contributed by atoms with Gasteiger partial charge in [0, 0.05) is 18.4 Å². The Labute approximate surface area is 64.0 Å². The van der Waals surface area contributed by atoms with Crippen LogP contribution in [-0.4, -0.2) is 10.0 Å². The normalized spacial score (nSPS) is 23.9. The molecule has 1 unspecified atom stereocenters. The van der Waals surface area contributed by atoms with E-state index in [1.165, 1.54) is 12.2 Å². The minimum absolute atomic E-state index is 0.125. The van der Waals surface area contributed by atoms with E-state index in [2.05, 4.69) is 0 Å². The number of nitrogens with zero attached hydrogens (tertiary/aromatic N) is 1. The molecular formula is C7H9NO3. The van der Waals surface area contributed by atoms with Gasteiger partial charge < -0.3 is 5.11 Å². The number of aliphatic hydroxyl groups is 1. The molecule has 1 N–H and O–H groups in total. The van der Waals surface area contributed by atoms with Crippen molar-refractivity contribution >= 4 is 0 Å². The lowest BCUT2D eigenvalue weighted by Crippen LogP contribution is -2.10. The highest BCUT2D eigenvalue weighted by molar-refractivity contribution is 5.18. The number of rotatable bonds is 1. The van der Waals surface area contributed by atoms with Crippen molar-refractivity contribution in [3.63, 3.8) is 0 Å². The van der Waals surface area contributed by atoms with Crippen molar-refractivity contribution in [3.05, 3.63) is 33.7 Å². The summed E-state index contributed by atoms with van der Waals surface area (Å²) in [6.45, 7) is 1.75. The second kappa shape index (κ2) is 2.74. The van der Waals surface area contributed by atoms with Crippen molar-refractivity contribution in [2.75, 3.05) is 0 Å². The fourth-order valence-corrected chi connectivity index (χ4v) is 0.968. The maximum Gasteiger partial charge on any atom is 0.247 e. The van der Waals surface area contributed by atoms with E-state index in [9.17, 15) is 10.1 Å². The van der Waals surface area contributed by atoms with Gasteiger partial charge in [-0.05, 0) is 6.08 Å². The average Bonchev–Trinajstić information content (AvgIpc) is 1.94. The molecule has 0 heterocycles. The number of allylic oxidation sites excluding steroid dienone is 4. The molecule has 0 fully saturated rings. The Balaban J connectivity index is 2.82. The second-order valence-corrected chi connectivity index (χ2v) is 2.61. The van der Waals surface area contributed by atoms with E-state index in [1.807, 2.05) is 0 Å². The molecule has 1 rings (SSSR count). The van der Waals surface area contributed by atoms with Crippen LogP contribution in [0.4, 0.5) is 0 Å². The van der Waals surface area contributed by atoms with Gasteiger partial charge in [0.15, 0.2) is 0 Å². The van der Waals surface area contributed by atoms with Crippen LogP contribution in [0, 0.1) is 16.0 Å². The van der Waals surface area contributed by atoms with Gasteiger partial charge in [-0.1, -0.05) is 6.92 Å². The molecule has 0 saturated heterocycles. The molecule has 0 aliphatic heterocycles. The molecule has 4 heteroatoms. The molecule has 0 aromatic rings. The van der Waals surface area contributed by atoms with Crippen molar-refractivity contribution in [2.45, 2.75) is 13.3 Å². The second-order valence-electron chi connectivity index (χ2n) is 2.61. The van der Waals surface area contributed by atoms with E-state index in [1.54, 1.807) is 6.92 Å². The Kier molecular flexibility index (Phi) is 1.94. The maximum atomic E-state index is 10.2. The predicted octanol–water partition coefficient (Wildman–Crippen LogP) is 1.63. The molecule has 4 nitrogen and oxygen atoms in total. The van der Waals surface area contributed by atoms with Crippen LogP contribution in [0.2, 0.25) is 0 Å². The quantitative estimate of drug-likeness (QED) is 0.462. The molecule has 0 aromatic carbocycles. The van der Waals surface area contributed by atoms with Crippen molar-refractivity contribution in [1.82, 2.24) is 0 Å². The molecule has 1 aliphatic carbocycles. The summed E-state index contributed by atoms with van der Waals surface area (Å²) in [6.07, 6.45) is 3.04. The third-order valence-corrected chi connectivity index (χ3v) is 1.70. The minimum Gasteiger partial charge on any atom is -0.512 e. The van der Waals surface area contributed by atoms with Crippen molar-refractivity contribution < 1.29 is 10.0 Å². The van der Waals surface area contributed by atoms with E-state index in [-0.39, 0.29) is 17.4 Å². The third kappa shape index (κ3) is 1.58. The maximum absolute atomic E-state index is 10.2. The van der Waals surface area contributed by atoms with Gasteiger partial charge >= 0.3 is 0 Å². The van der Waals surface area contributed by atoms with Crippen LogP contribution in [0.25, 0.3) is 0 Å². The summed E-state index contributed by atoms with van der Waals surface area (Å²) in [5, 5.41) is 19.3. The van der Waals surface area contributed by atoms with Crippen molar-refractivity contribution in [3.8, 4) is 0 Å². The zero-order chi connectivity index (χ0) is 8.43. The summed E-state index contributed by atoms with van der Waals surface area (Å²) in [6, 6.07) is 0. The lowest BCUT2D eigenvalue weighted by Gasteiger charge is -2.11. The SMILES string of the molecule is CC1CC([N+](=O)[O-])=CC=C1O. The Bertz CT molecular complexity index is 242. The summed E-state index contributed by atoms with van der Waals surface area (Å²) in [4.78, 5) is 9.82. The molecule has 1 atom stereocenters. The zero-order valence-electron chi connectivity index (χ0n) is 6.15. The van der Waals surface area contributed by atoms with Crippen molar-refractivity contribution in [2.24, 2.45) is 5.92 Å². The van der Waals surface area contributed by atoms with E-state index in [4.69, 9.17) is 5.11 Å². The van der Waals surface area contributed by atoms with E-state index < -0.39 is 4.92 Å². The molecular weight excluding hydrogens is 146 g/mol. The molecule has 0 radical (unpaired) electrons. The molecule has 1 aliphatic rings. The minimum atomic E-state index is -0.417. The van der Waals surface area contributed by atoms with Gasteiger partial charge in [0.1, 0.15) is 0 Å². The number of hydrogen-bond donors (Lipinski definition) is 1. The van der Waals surface area contributed by atoms with Gasteiger partial charge in [-0.2, -0.15) is 0 Å². The van der Waals surface area contributed by atoms with Crippen LogP contribution in [0.15, 0.2) is 23.6 Å². The molecule has 0 amide bonds.